The van der Waals surface area contributed by atoms with Gasteiger partial charge in [-0.05, 0) is 13.3 Å². The molecule has 0 aliphatic rings. The van der Waals surface area contributed by atoms with Crippen LogP contribution in [0, 0.1) is 0 Å². The fourth-order valence-corrected chi connectivity index (χ4v) is 0.861. The topological polar surface area (TPSA) is 98.3 Å². The van der Waals surface area contributed by atoms with Crippen LogP contribution in [0.4, 0.5) is 0 Å². The first-order chi connectivity index (χ1) is 9.10. The summed E-state index contributed by atoms with van der Waals surface area (Å²) in [5.74, 6) is -0.211. The van der Waals surface area contributed by atoms with E-state index in [9.17, 15) is 4.79 Å². The highest BCUT2D eigenvalue weighted by Crippen LogP contribution is 1.95. The Kier molecular flexibility index (Phi) is 67.8. The van der Waals surface area contributed by atoms with Gasteiger partial charge in [0.25, 0.3) is 0 Å². The van der Waals surface area contributed by atoms with Crippen LogP contribution >= 0.6 is 0 Å². The van der Waals surface area contributed by atoms with Crippen molar-refractivity contribution in [3.63, 3.8) is 0 Å². The van der Waals surface area contributed by atoms with Gasteiger partial charge in [-0.25, -0.2) is 0 Å². The number of aliphatic hydroxyl groups is 2. The zero-order valence-corrected chi connectivity index (χ0v) is 14.4. The molecular formula is C15H38O5. The largest absolute Gasteiger partial charge is 0.466 e. The van der Waals surface area contributed by atoms with Gasteiger partial charge in [0.15, 0.2) is 0 Å². The first-order valence-corrected chi connectivity index (χ1v) is 7.29. The van der Waals surface area contributed by atoms with E-state index in [1.54, 1.807) is 6.92 Å². The van der Waals surface area contributed by atoms with E-state index in [0.29, 0.717) is 13.2 Å². The number of ether oxygens (including phenoxy) is 1. The van der Waals surface area contributed by atoms with Gasteiger partial charge in [0, 0.05) is 20.6 Å². The van der Waals surface area contributed by atoms with E-state index in [4.69, 9.17) is 10.2 Å². The molecule has 0 amide bonds. The van der Waals surface area contributed by atoms with Crippen molar-refractivity contribution in [2.45, 2.75) is 73.1 Å². The van der Waals surface area contributed by atoms with Gasteiger partial charge in [-0.2, -0.15) is 0 Å². The lowest BCUT2D eigenvalue weighted by Gasteiger charge is -1.89. The standard InChI is InChI=1S/C6H14.C4H8O2.C4H10O.CH4O.H2O/c1-3-5-6-4-2;1-3-6-4(2)5;1-2-3-4-5;1-2;/h3-6H2,1-2H3;3H2,1-2H3;5H,2-4H2,1H3;2H,1H3;1H2. The van der Waals surface area contributed by atoms with E-state index in [2.05, 4.69) is 25.5 Å². The van der Waals surface area contributed by atoms with Gasteiger partial charge in [0.1, 0.15) is 0 Å². The van der Waals surface area contributed by atoms with Crippen LogP contribution in [0.25, 0.3) is 0 Å². The molecule has 0 radical (unpaired) electrons. The molecule has 0 fully saturated rings. The minimum Gasteiger partial charge on any atom is -0.466 e. The molecule has 0 unspecified atom stereocenters. The summed E-state index contributed by atoms with van der Waals surface area (Å²) < 4.78 is 4.40. The number of hydrogen-bond donors (Lipinski definition) is 2. The highest BCUT2D eigenvalue weighted by atomic mass is 16.5. The lowest BCUT2D eigenvalue weighted by Crippen LogP contribution is -1.95. The average molecular weight is 298 g/mol. The van der Waals surface area contributed by atoms with Crippen molar-refractivity contribution in [2.24, 2.45) is 0 Å². The van der Waals surface area contributed by atoms with E-state index in [0.717, 1.165) is 20.0 Å². The molecular weight excluding hydrogens is 260 g/mol. The number of carbonyl (C=O) groups excluding carboxylic acids is 1. The molecule has 0 rings (SSSR count). The molecule has 0 aliphatic carbocycles. The summed E-state index contributed by atoms with van der Waals surface area (Å²) in [7, 11) is 1.00. The Morgan fingerprint density at radius 1 is 0.900 bits per heavy atom. The Hall–Kier alpha value is -0.650. The lowest BCUT2D eigenvalue weighted by molar-refractivity contribution is -0.140. The predicted octanol–water partition coefficient (Wildman–Crippen LogP) is 2.72. The van der Waals surface area contributed by atoms with Crippen LogP contribution in [0.2, 0.25) is 0 Å². The van der Waals surface area contributed by atoms with Crippen LogP contribution < -0.4 is 0 Å². The predicted molar refractivity (Wildman–Crippen MR) is 85.9 cm³/mol. The monoisotopic (exact) mass is 298 g/mol. The van der Waals surface area contributed by atoms with Gasteiger partial charge in [-0.3, -0.25) is 4.79 Å². The second kappa shape index (κ2) is 42.9. The molecule has 0 saturated heterocycles. The maximum Gasteiger partial charge on any atom is 0.302 e. The molecule has 0 heterocycles. The fraction of sp³-hybridized carbons (Fsp3) is 0.933. The normalized spacial score (nSPS) is 7.40. The van der Waals surface area contributed by atoms with E-state index in [-0.39, 0.29) is 11.4 Å². The maximum atomic E-state index is 9.82. The smallest absolute Gasteiger partial charge is 0.302 e. The highest BCUT2D eigenvalue weighted by molar-refractivity contribution is 5.65. The molecule has 4 N–H and O–H groups in total. The zero-order valence-electron chi connectivity index (χ0n) is 14.4. The van der Waals surface area contributed by atoms with Gasteiger partial charge >= 0.3 is 5.97 Å². The van der Waals surface area contributed by atoms with Crippen molar-refractivity contribution in [3.05, 3.63) is 0 Å². The summed E-state index contributed by atoms with van der Waals surface area (Å²) in [6, 6.07) is 0. The lowest BCUT2D eigenvalue weighted by atomic mass is 10.2. The van der Waals surface area contributed by atoms with E-state index in [1.165, 1.54) is 32.6 Å². The molecule has 0 aromatic carbocycles. The van der Waals surface area contributed by atoms with Crippen LogP contribution in [-0.2, 0) is 9.53 Å². The summed E-state index contributed by atoms with van der Waals surface area (Å²) >= 11 is 0. The van der Waals surface area contributed by atoms with Crippen molar-refractivity contribution >= 4 is 5.97 Å². The Morgan fingerprint density at radius 3 is 1.30 bits per heavy atom. The van der Waals surface area contributed by atoms with Gasteiger partial charge in [0.05, 0.1) is 6.61 Å². The quantitative estimate of drug-likeness (QED) is 0.582. The molecule has 0 aromatic rings. The van der Waals surface area contributed by atoms with E-state index < -0.39 is 0 Å². The first-order valence-electron chi connectivity index (χ1n) is 7.29. The van der Waals surface area contributed by atoms with Crippen LogP contribution in [-0.4, -0.2) is 42.0 Å². The molecule has 0 aromatic heterocycles. The second-order valence-corrected chi connectivity index (χ2v) is 3.71. The first kappa shape index (κ1) is 31.6. The molecule has 128 valence electrons. The maximum absolute atomic E-state index is 9.82. The summed E-state index contributed by atoms with van der Waals surface area (Å²) in [6.07, 6.45) is 7.57. The third-order valence-corrected chi connectivity index (χ3v) is 1.82. The van der Waals surface area contributed by atoms with Crippen molar-refractivity contribution in [1.29, 1.82) is 0 Å². The zero-order chi connectivity index (χ0) is 15.9. The summed E-state index contributed by atoms with van der Waals surface area (Å²) in [6.45, 7) is 10.5. The minimum atomic E-state index is -0.211. The van der Waals surface area contributed by atoms with E-state index >= 15 is 0 Å². The Morgan fingerprint density at radius 2 is 1.25 bits per heavy atom. The number of unbranched alkanes of at least 4 members (excludes halogenated alkanes) is 4. The van der Waals surface area contributed by atoms with E-state index in [1.807, 2.05) is 0 Å². The summed E-state index contributed by atoms with van der Waals surface area (Å²) in [5, 5.41) is 15.1. The van der Waals surface area contributed by atoms with Gasteiger partial charge in [-0.15, -0.1) is 0 Å². The molecule has 0 saturated carbocycles. The molecule has 0 aliphatic heterocycles. The fourth-order valence-electron chi connectivity index (χ4n) is 0.861. The minimum absolute atomic E-state index is 0. The van der Waals surface area contributed by atoms with Crippen molar-refractivity contribution < 1.29 is 25.2 Å². The molecule has 20 heavy (non-hydrogen) atoms. The van der Waals surface area contributed by atoms with Crippen LogP contribution in [0.5, 0.6) is 0 Å². The third kappa shape index (κ3) is 85.9. The van der Waals surface area contributed by atoms with Crippen molar-refractivity contribution in [3.8, 4) is 0 Å². The van der Waals surface area contributed by atoms with Crippen LogP contribution in [0.1, 0.15) is 73.1 Å². The van der Waals surface area contributed by atoms with Crippen LogP contribution in [0.3, 0.4) is 0 Å². The summed E-state index contributed by atoms with van der Waals surface area (Å²) in [5.41, 5.74) is 0. The number of rotatable bonds is 6. The highest BCUT2D eigenvalue weighted by Gasteiger charge is 1.81. The van der Waals surface area contributed by atoms with Gasteiger partial charge in [-0.1, -0.05) is 52.9 Å². The molecule has 0 atom stereocenters. The Balaban J connectivity index is -0.0000000518. The summed E-state index contributed by atoms with van der Waals surface area (Å²) in [4.78, 5) is 9.82. The molecule has 0 spiro atoms. The molecule has 0 bridgehead atoms. The molecule has 5 nitrogen and oxygen atoms in total. The second-order valence-electron chi connectivity index (χ2n) is 3.71. The number of carbonyl (C=O) groups is 1. The molecule has 5 heteroatoms. The number of esters is 1. The average Bonchev–Trinajstić information content (AvgIpc) is 2.41. The SMILES string of the molecule is CCCCCC.CCCCO.CCOC(C)=O.CO.O. The van der Waals surface area contributed by atoms with Crippen LogP contribution in [0.15, 0.2) is 0 Å². The van der Waals surface area contributed by atoms with Gasteiger partial charge < -0.3 is 20.4 Å². The van der Waals surface area contributed by atoms with Crippen molar-refractivity contribution in [2.75, 3.05) is 20.3 Å². The number of hydrogen-bond acceptors (Lipinski definition) is 4. The third-order valence-electron chi connectivity index (χ3n) is 1.82. The number of aliphatic hydroxyl groups excluding tert-OH is 2. The van der Waals surface area contributed by atoms with Crippen molar-refractivity contribution in [1.82, 2.24) is 0 Å². The Bertz CT molecular complexity index is 123. The Labute approximate surface area is 125 Å². The van der Waals surface area contributed by atoms with Gasteiger partial charge in [0.2, 0.25) is 0 Å².